The molecular formula is C4H6NNaO2. The number of carbonyl (C=O) groups excluding carboxylic acids is 1. The van der Waals surface area contributed by atoms with Gasteiger partial charge in [-0.15, -0.1) is 0 Å². The average molecular weight is 123 g/mol. The van der Waals surface area contributed by atoms with Gasteiger partial charge in [0, 0.05) is 0 Å². The van der Waals surface area contributed by atoms with Crippen LogP contribution < -0.4 is 40.4 Å². The van der Waals surface area contributed by atoms with Crippen LogP contribution in [0.15, 0.2) is 11.8 Å². The molecule has 0 aromatic rings. The van der Waals surface area contributed by atoms with Gasteiger partial charge in [-0.25, -0.2) is 0 Å². The molecule has 0 radical (unpaired) electrons. The third kappa shape index (κ3) is 4.18. The Bertz CT molecular complexity index is 111. The summed E-state index contributed by atoms with van der Waals surface area (Å²) >= 11 is 0. The summed E-state index contributed by atoms with van der Waals surface area (Å²) < 4.78 is 0. The molecule has 0 saturated carbocycles. The van der Waals surface area contributed by atoms with Gasteiger partial charge in [0.2, 0.25) is 0 Å². The second kappa shape index (κ2) is 5.15. The molecule has 0 aliphatic heterocycles. The number of hydrogen-bond acceptors (Lipinski definition) is 3. The van der Waals surface area contributed by atoms with Crippen LogP contribution in [-0.4, -0.2) is 5.97 Å². The smallest absolute Gasteiger partial charge is 0.543 e. The summed E-state index contributed by atoms with van der Waals surface area (Å²) in [6.45, 7) is 1.53. The first-order valence-electron chi connectivity index (χ1n) is 1.81. The van der Waals surface area contributed by atoms with Crippen LogP contribution in [0.1, 0.15) is 6.92 Å². The molecule has 3 nitrogen and oxygen atoms in total. The molecule has 0 atom stereocenters. The average Bonchev–Trinajstić information content (AvgIpc) is 1.65. The van der Waals surface area contributed by atoms with Gasteiger partial charge in [-0.05, 0) is 6.92 Å². The Morgan fingerprint density at radius 2 is 2.12 bits per heavy atom. The molecule has 0 spiro atoms. The van der Waals surface area contributed by atoms with Gasteiger partial charge in [0.25, 0.3) is 0 Å². The van der Waals surface area contributed by atoms with E-state index >= 15 is 0 Å². The van der Waals surface area contributed by atoms with Gasteiger partial charge in [-0.1, -0.05) is 6.08 Å². The van der Waals surface area contributed by atoms with Crippen LogP contribution in [-0.2, 0) is 4.79 Å². The van der Waals surface area contributed by atoms with Crippen molar-refractivity contribution in [1.82, 2.24) is 0 Å². The summed E-state index contributed by atoms with van der Waals surface area (Å²) in [5.41, 5.74) is 4.59. The minimum Gasteiger partial charge on any atom is -0.543 e. The standard InChI is InChI=1S/C4H7NO2.Na/c1-2-3(5)4(6)7;/h2H,5H2,1H3,(H,6,7);/q;+1/p-1/b3-2-;. The topological polar surface area (TPSA) is 66.2 Å². The minimum absolute atomic E-state index is 0. The molecule has 4 heteroatoms. The first-order valence-corrected chi connectivity index (χ1v) is 1.81. The summed E-state index contributed by atoms with van der Waals surface area (Å²) in [7, 11) is 0. The Morgan fingerprint density at radius 3 is 2.12 bits per heavy atom. The maximum Gasteiger partial charge on any atom is 1.00 e. The van der Waals surface area contributed by atoms with Crippen molar-refractivity contribution in [2.45, 2.75) is 6.92 Å². The second-order valence-electron chi connectivity index (χ2n) is 1.03. The van der Waals surface area contributed by atoms with E-state index in [1.165, 1.54) is 13.0 Å². The van der Waals surface area contributed by atoms with E-state index in [4.69, 9.17) is 5.73 Å². The molecule has 0 amide bonds. The van der Waals surface area contributed by atoms with Crippen molar-refractivity contribution < 1.29 is 39.5 Å². The zero-order chi connectivity index (χ0) is 5.86. The van der Waals surface area contributed by atoms with Gasteiger partial charge in [0.05, 0.1) is 11.7 Å². The normalized spacial score (nSPS) is 9.88. The predicted octanol–water partition coefficient (Wildman–Crippen LogP) is -4.40. The van der Waals surface area contributed by atoms with Crippen LogP contribution in [0, 0.1) is 0 Å². The van der Waals surface area contributed by atoms with E-state index in [2.05, 4.69) is 0 Å². The number of rotatable bonds is 1. The van der Waals surface area contributed by atoms with Crippen LogP contribution in [0.5, 0.6) is 0 Å². The molecule has 0 heterocycles. The van der Waals surface area contributed by atoms with Crippen molar-refractivity contribution in [2.75, 3.05) is 0 Å². The fraction of sp³-hybridized carbons (Fsp3) is 0.250. The molecule has 0 bridgehead atoms. The first-order chi connectivity index (χ1) is 3.18. The Morgan fingerprint density at radius 1 is 1.75 bits per heavy atom. The molecule has 0 aliphatic carbocycles. The van der Waals surface area contributed by atoms with Crippen LogP contribution in [0.3, 0.4) is 0 Å². The second-order valence-corrected chi connectivity index (χ2v) is 1.03. The fourth-order valence-corrected chi connectivity index (χ4v) is 0.118. The van der Waals surface area contributed by atoms with E-state index in [-0.39, 0.29) is 35.3 Å². The van der Waals surface area contributed by atoms with Gasteiger partial charge < -0.3 is 15.6 Å². The summed E-state index contributed by atoms with van der Waals surface area (Å²) in [5.74, 6) is -1.32. The number of carboxylic acids is 1. The number of hydrogen-bond donors (Lipinski definition) is 1. The van der Waals surface area contributed by atoms with Gasteiger partial charge in [-0.3, -0.25) is 0 Å². The van der Waals surface area contributed by atoms with E-state index in [0.717, 1.165) is 0 Å². The first kappa shape index (κ1) is 10.9. The maximum absolute atomic E-state index is 9.63. The third-order valence-electron chi connectivity index (χ3n) is 0.547. The Hall–Kier alpha value is 0.0100. The van der Waals surface area contributed by atoms with Crippen LogP contribution >= 0.6 is 0 Å². The third-order valence-corrected chi connectivity index (χ3v) is 0.547. The van der Waals surface area contributed by atoms with Crippen LogP contribution in [0.4, 0.5) is 0 Å². The van der Waals surface area contributed by atoms with Crippen molar-refractivity contribution in [3.8, 4) is 0 Å². The van der Waals surface area contributed by atoms with Crippen LogP contribution in [0.2, 0.25) is 0 Å². The van der Waals surface area contributed by atoms with Crippen molar-refractivity contribution in [3.05, 3.63) is 11.8 Å². The van der Waals surface area contributed by atoms with Crippen molar-refractivity contribution >= 4 is 5.97 Å². The SMILES string of the molecule is C/C=C(\N)C(=O)[O-].[Na+]. The predicted molar refractivity (Wildman–Crippen MR) is 23.0 cm³/mol. The molecule has 0 fully saturated rings. The quantitative estimate of drug-likeness (QED) is 0.283. The monoisotopic (exact) mass is 123 g/mol. The number of carboxylic acid groups (broad SMARTS) is 1. The molecule has 0 saturated heterocycles. The summed E-state index contributed by atoms with van der Waals surface area (Å²) in [4.78, 5) is 9.63. The number of allylic oxidation sites excluding steroid dienone is 1. The molecule has 0 aromatic heterocycles. The molecule has 40 valence electrons. The van der Waals surface area contributed by atoms with E-state index in [9.17, 15) is 9.90 Å². The van der Waals surface area contributed by atoms with Gasteiger partial charge >= 0.3 is 29.6 Å². The molecule has 0 rings (SSSR count). The fourth-order valence-electron chi connectivity index (χ4n) is 0.118. The Kier molecular flexibility index (Phi) is 7.02. The molecule has 0 unspecified atom stereocenters. The van der Waals surface area contributed by atoms with Crippen molar-refractivity contribution in [3.63, 3.8) is 0 Å². The molecular weight excluding hydrogens is 117 g/mol. The molecule has 2 N–H and O–H groups in total. The van der Waals surface area contributed by atoms with Crippen molar-refractivity contribution in [2.24, 2.45) is 5.73 Å². The molecule has 0 aliphatic rings. The molecule has 8 heavy (non-hydrogen) atoms. The largest absolute Gasteiger partial charge is 1.00 e. The maximum atomic E-state index is 9.63. The minimum atomic E-state index is -1.32. The Balaban J connectivity index is 0. The van der Waals surface area contributed by atoms with Gasteiger partial charge in [0.1, 0.15) is 0 Å². The summed E-state index contributed by atoms with van der Waals surface area (Å²) in [5, 5.41) is 9.63. The number of aliphatic carboxylic acids is 1. The summed E-state index contributed by atoms with van der Waals surface area (Å²) in [6.07, 6.45) is 1.27. The zero-order valence-electron chi connectivity index (χ0n) is 4.97. The number of carbonyl (C=O) groups is 1. The molecule has 0 aromatic carbocycles. The van der Waals surface area contributed by atoms with E-state index < -0.39 is 5.97 Å². The zero-order valence-corrected chi connectivity index (χ0v) is 6.97. The Labute approximate surface area is 69.9 Å². The van der Waals surface area contributed by atoms with Gasteiger partial charge in [-0.2, -0.15) is 0 Å². The number of nitrogens with two attached hydrogens (primary N) is 1. The summed E-state index contributed by atoms with van der Waals surface area (Å²) in [6, 6.07) is 0. The van der Waals surface area contributed by atoms with Crippen molar-refractivity contribution in [1.29, 1.82) is 0 Å². The van der Waals surface area contributed by atoms with E-state index in [1.807, 2.05) is 0 Å². The van der Waals surface area contributed by atoms with E-state index in [1.54, 1.807) is 0 Å². The van der Waals surface area contributed by atoms with Crippen LogP contribution in [0.25, 0.3) is 0 Å². The van der Waals surface area contributed by atoms with Gasteiger partial charge in [0.15, 0.2) is 0 Å². The van der Waals surface area contributed by atoms with E-state index in [0.29, 0.717) is 0 Å².